The lowest BCUT2D eigenvalue weighted by atomic mass is 9.90. The van der Waals surface area contributed by atoms with Gasteiger partial charge in [0.25, 0.3) is 0 Å². The number of nitrogens with one attached hydrogen (secondary N) is 1. The maximum atomic E-state index is 5.31. The summed E-state index contributed by atoms with van der Waals surface area (Å²) in [4.78, 5) is 0. The molecule has 2 heteroatoms. The molecule has 1 N–H and O–H groups in total. The number of methoxy groups -OCH3 is 1. The van der Waals surface area contributed by atoms with E-state index in [-0.39, 0.29) is 6.04 Å². The van der Waals surface area contributed by atoms with Crippen LogP contribution in [-0.4, -0.2) is 13.7 Å². The van der Waals surface area contributed by atoms with E-state index < -0.39 is 0 Å². The van der Waals surface area contributed by atoms with E-state index in [2.05, 4.69) is 41.7 Å². The molecule has 18 heavy (non-hydrogen) atoms. The average molecular weight is 239 g/mol. The summed E-state index contributed by atoms with van der Waals surface area (Å²) in [5.74, 6) is 0.914. The normalized spacial score (nSPS) is 18.2. The lowest BCUT2D eigenvalue weighted by molar-refractivity contribution is 0.413. The topological polar surface area (TPSA) is 21.3 Å². The molecule has 0 unspecified atom stereocenters. The quantitative estimate of drug-likeness (QED) is 0.870. The molecule has 1 atom stereocenters. The van der Waals surface area contributed by atoms with Crippen LogP contribution in [0.5, 0.6) is 5.75 Å². The molecule has 0 fully saturated rings. The maximum absolute atomic E-state index is 5.31. The second-order valence-electron chi connectivity index (χ2n) is 4.61. The first kappa shape index (κ1) is 11.3. The number of fused-ring (bicyclic) bond motifs is 1. The Bertz CT molecular complexity index is 550. The van der Waals surface area contributed by atoms with Crippen molar-refractivity contribution in [1.82, 2.24) is 5.32 Å². The van der Waals surface area contributed by atoms with Gasteiger partial charge >= 0.3 is 0 Å². The van der Waals surface area contributed by atoms with Crippen molar-refractivity contribution in [3.8, 4) is 5.75 Å². The SMILES string of the molecule is COc1cccc([C@@H]2NCCc3ccccc32)c1. The van der Waals surface area contributed by atoms with Gasteiger partial charge in [-0.2, -0.15) is 0 Å². The summed E-state index contributed by atoms with van der Waals surface area (Å²) in [6.07, 6.45) is 1.11. The van der Waals surface area contributed by atoms with Crippen LogP contribution in [-0.2, 0) is 6.42 Å². The largest absolute Gasteiger partial charge is 0.497 e. The van der Waals surface area contributed by atoms with E-state index in [0.717, 1.165) is 18.7 Å². The van der Waals surface area contributed by atoms with E-state index in [4.69, 9.17) is 4.74 Å². The van der Waals surface area contributed by atoms with Crippen molar-refractivity contribution in [2.75, 3.05) is 13.7 Å². The Labute approximate surface area is 108 Å². The Morgan fingerprint density at radius 3 is 2.89 bits per heavy atom. The molecule has 2 aromatic carbocycles. The molecule has 0 radical (unpaired) electrons. The zero-order valence-corrected chi connectivity index (χ0v) is 10.5. The summed E-state index contributed by atoms with van der Waals surface area (Å²) >= 11 is 0. The van der Waals surface area contributed by atoms with Crippen LogP contribution in [0.1, 0.15) is 22.7 Å². The van der Waals surface area contributed by atoms with Crippen LogP contribution in [0.3, 0.4) is 0 Å². The van der Waals surface area contributed by atoms with Gasteiger partial charge in [0, 0.05) is 6.54 Å². The minimum Gasteiger partial charge on any atom is -0.497 e. The van der Waals surface area contributed by atoms with Crippen LogP contribution in [0.4, 0.5) is 0 Å². The fourth-order valence-electron chi connectivity index (χ4n) is 2.62. The van der Waals surface area contributed by atoms with Gasteiger partial charge in [-0.25, -0.2) is 0 Å². The lowest BCUT2D eigenvalue weighted by Gasteiger charge is -2.27. The first-order valence-corrected chi connectivity index (χ1v) is 6.33. The van der Waals surface area contributed by atoms with Crippen LogP contribution in [0.2, 0.25) is 0 Å². The maximum Gasteiger partial charge on any atom is 0.119 e. The second-order valence-corrected chi connectivity index (χ2v) is 4.61. The van der Waals surface area contributed by atoms with E-state index in [1.807, 2.05) is 12.1 Å². The number of ether oxygens (including phenoxy) is 1. The summed E-state index contributed by atoms with van der Waals surface area (Å²) < 4.78 is 5.31. The standard InChI is InChI=1S/C16H17NO/c1-18-14-7-4-6-13(11-14)16-15-8-3-2-5-12(15)9-10-17-16/h2-8,11,16-17H,9-10H2,1H3/t16-/m0/s1. The highest BCUT2D eigenvalue weighted by molar-refractivity contribution is 5.41. The van der Waals surface area contributed by atoms with Crippen molar-refractivity contribution in [3.05, 3.63) is 65.2 Å². The van der Waals surface area contributed by atoms with Gasteiger partial charge < -0.3 is 10.1 Å². The van der Waals surface area contributed by atoms with Crippen LogP contribution in [0, 0.1) is 0 Å². The van der Waals surface area contributed by atoms with Crippen LogP contribution < -0.4 is 10.1 Å². The smallest absolute Gasteiger partial charge is 0.119 e. The molecule has 2 aromatic rings. The predicted octanol–water partition coefficient (Wildman–Crippen LogP) is 2.93. The third-order valence-electron chi connectivity index (χ3n) is 3.54. The molecule has 3 rings (SSSR count). The minimum absolute atomic E-state index is 0.282. The first-order valence-electron chi connectivity index (χ1n) is 6.33. The Kier molecular flexibility index (Phi) is 3.03. The molecular formula is C16H17NO. The van der Waals surface area contributed by atoms with E-state index in [1.165, 1.54) is 16.7 Å². The molecule has 0 aliphatic carbocycles. The molecule has 0 spiro atoms. The molecule has 0 saturated carbocycles. The summed E-state index contributed by atoms with van der Waals surface area (Å²) in [5.41, 5.74) is 4.10. The molecule has 92 valence electrons. The third kappa shape index (κ3) is 2.00. The number of hydrogen-bond donors (Lipinski definition) is 1. The van der Waals surface area contributed by atoms with Crippen molar-refractivity contribution < 1.29 is 4.74 Å². The number of hydrogen-bond acceptors (Lipinski definition) is 2. The van der Waals surface area contributed by atoms with Crippen LogP contribution >= 0.6 is 0 Å². The Morgan fingerprint density at radius 1 is 1.11 bits per heavy atom. The molecular weight excluding hydrogens is 222 g/mol. The minimum atomic E-state index is 0.282. The highest BCUT2D eigenvalue weighted by atomic mass is 16.5. The van der Waals surface area contributed by atoms with Crippen molar-refractivity contribution in [2.24, 2.45) is 0 Å². The summed E-state index contributed by atoms with van der Waals surface area (Å²) in [6.45, 7) is 1.03. The molecule has 2 nitrogen and oxygen atoms in total. The highest BCUT2D eigenvalue weighted by Gasteiger charge is 2.20. The lowest BCUT2D eigenvalue weighted by Crippen LogP contribution is -2.30. The molecule has 1 aliphatic rings. The summed E-state index contributed by atoms with van der Waals surface area (Å²) in [6, 6.07) is 17.2. The van der Waals surface area contributed by atoms with Crippen molar-refractivity contribution in [1.29, 1.82) is 0 Å². The van der Waals surface area contributed by atoms with Gasteiger partial charge in [-0.05, 0) is 35.2 Å². The van der Waals surface area contributed by atoms with E-state index in [1.54, 1.807) is 7.11 Å². The van der Waals surface area contributed by atoms with Crippen molar-refractivity contribution in [2.45, 2.75) is 12.5 Å². The molecule has 0 saturated heterocycles. The van der Waals surface area contributed by atoms with Gasteiger partial charge in [-0.15, -0.1) is 0 Å². The molecule has 1 aliphatic heterocycles. The Hall–Kier alpha value is -1.80. The van der Waals surface area contributed by atoms with Gasteiger partial charge in [-0.3, -0.25) is 0 Å². The number of benzene rings is 2. The second kappa shape index (κ2) is 4.83. The van der Waals surface area contributed by atoms with Gasteiger partial charge in [0.1, 0.15) is 5.75 Å². The van der Waals surface area contributed by atoms with Gasteiger partial charge in [-0.1, -0.05) is 36.4 Å². The zero-order chi connectivity index (χ0) is 12.4. The van der Waals surface area contributed by atoms with Gasteiger partial charge in [0.2, 0.25) is 0 Å². The third-order valence-corrected chi connectivity index (χ3v) is 3.54. The Morgan fingerprint density at radius 2 is 2.00 bits per heavy atom. The predicted molar refractivity (Wildman–Crippen MR) is 73.0 cm³/mol. The molecule has 1 heterocycles. The van der Waals surface area contributed by atoms with Crippen LogP contribution in [0.25, 0.3) is 0 Å². The fraction of sp³-hybridized carbons (Fsp3) is 0.250. The Balaban J connectivity index is 2.02. The summed E-state index contributed by atoms with van der Waals surface area (Å²) in [5, 5.41) is 3.59. The molecule has 0 amide bonds. The monoisotopic (exact) mass is 239 g/mol. The number of rotatable bonds is 2. The van der Waals surface area contributed by atoms with E-state index >= 15 is 0 Å². The summed E-state index contributed by atoms with van der Waals surface area (Å²) in [7, 11) is 1.71. The first-order chi connectivity index (χ1) is 8.88. The van der Waals surface area contributed by atoms with E-state index in [9.17, 15) is 0 Å². The van der Waals surface area contributed by atoms with E-state index in [0.29, 0.717) is 0 Å². The zero-order valence-electron chi connectivity index (χ0n) is 10.5. The fourth-order valence-corrected chi connectivity index (χ4v) is 2.62. The van der Waals surface area contributed by atoms with Crippen molar-refractivity contribution in [3.63, 3.8) is 0 Å². The average Bonchev–Trinajstić information content (AvgIpc) is 2.47. The van der Waals surface area contributed by atoms with Gasteiger partial charge in [0.15, 0.2) is 0 Å². The van der Waals surface area contributed by atoms with Crippen LogP contribution in [0.15, 0.2) is 48.5 Å². The van der Waals surface area contributed by atoms with Crippen molar-refractivity contribution >= 4 is 0 Å². The molecule has 0 bridgehead atoms. The molecule has 0 aromatic heterocycles. The van der Waals surface area contributed by atoms with Gasteiger partial charge in [0.05, 0.1) is 13.2 Å². The highest BCUT2D eigenvalue weighted by Crippen LogP contribution is 2.30.